The number of hydrogen-bond donors (Lipinski definition) is 1. The summed E-state index contributed by atoms with van der Waals surface area (Å²) in [7, 11) is 0. The van der Waals surface area contributed by atoms with E-state index in [0.29, 0.717) is 5.41 Å². The number of benzene rings is 2. The third kappa shape index (κ3) is 4.14. The number of likely N-dealkylation sites (tertiary alicyclic amines) is 1. The van der Waals surface area contributed by atoms with Gasteiger partial charge in [0.15, 0.2) is 0 Å². The predicted octanol–water partition coefficient (Wildman–Crippen LogP) is 4.76. The molecule has 0 aliphatic carbocycles. The molecule has 0 spiro atoms. The summed E-state index contributed by atoms with van der Waals surface area (Å²) in [6.07, 6.45) is 0. The van der Waals surface area contributed by atoms with Crippen LogP contribution in [0.5, 0.6) is 0 Å². The summed E-state index contributed by atoms with van der Waals surface area (Å²) in [4.78, 5) is 2.52. The van der Waals surface area contributed by atoms with E-state index in [1.165, 1.54) is 41.0 Å². The van der Waals surface area contributed by atoms with Crippen LogP contribution in [0.25, 0.3) is 0 Å². The van der Waals surface area contributed by atoms with Gasteiger partial charge < -0.3 is 5.32 Å². The van der Waals surface area contributed by atoms with Crippen molar-refractivity contribution in [3.63, 3.8) is 0 Å². The first-order valence-corrected chi connectivity index (χ1v) is 8.53. The molecule has 1 N–H and O–H groups in total. The Balaban J connectivity index is 1.58. The van der Waals surface area contributed by atoms with Crippen molar-refractivity contribution in [2.24, 2.45) is 5.41 Å². The smallest absolute Gasteiger partial charge is 0.0400 e. The lowest BCUT2D eigenvalue weighted by Crippen LogP contribution is -2.52. The van der Waals surface area contributed by atoms with Crippen molar-refractivity contribution in [2.45, 2.75) is 40.8 Å². The lowest BCUT2D eigenvalue weighted by atomic mass is 9.84. The molecule has 0 bridgehead atoms. The second-order valence-corrected chi connectivity index (χ2v) is 7.78. The number of hydrogen-bond acceptors (Lipinski definition) is 2. The maximum atomic E-state index is 3.56. The molecule has 3 rings (SSSR count). The molecule has 1 aliphatic rings. The average molecular weight is 308 g/mol. The molecular weight excluding hydrogens is 280 g/mol. The van der Waals surface area contributed by atoms with Gasteiger partial charge >= 0.3 is 0 Å². The first-order chi connectivity index (χ1) is 10.9. The number of nitrogens with zero attached hydrogens (tertiary/aromatic N) is 1. The standard InChI is InChI=1S/C21H28N2/c1-16-8-9-18(10-17(16)2)12-22-20-7-5-6-19(11-20)13-23-14-21(3,4)15-23/h5-11,22H,12-15H2,1-4H3. The van der Waals surface area contributed by atoms with Crippen LogP contribution in [0.1, 0.15) is 36.1 Å². The number of rotatable bonds is 5. The fraction of sp³-hybridized carbons (Fsp3) is 0.429. The van der Waals surface area contributed by atoms with Crippen LogP contribution in [0, 0.1) is 19.3 Å². The van der Waals surface area contributed by atoms with Crippen LogP contribution < -0.4 is 5.32 Å². The van der Waals surface area contributed by atoms with Crippen LogP contribution in [-0.2, 0) is 13.1 Å². The monoisotopic (exact) mass is 308 g/mol. The van der Waals surface area contributed by atoms with E-state index in [2.05, 4.69) is 80.4 Å². The Labute approximate surface area is 140 Å². The maximum absolute atomic E-state index is 3.56. The molecule has 23 heavy (non-hydrogen) atoms. The molecule has 0 aromatic heterocycles. The van der Waals surface area contributed by atoms with Crippen molar-refractivity contribution in [3.05, 3.63) is 64.7 Å². The fourth-order valence-corrected chi connectivity index (χ4v) is 3.43. The third-order valence-electron chi connectivity index (χ3n) is 4.70. The van der Waals surface area contributed by atoms with Crippen molar-refractivity contribution in [1.29, 1.82) is 0 Å². The summed E-state index contributed by atoms with van der Waals surface area (Å²) in [5.41, 5.74) is 7.15. The minimum atomic E-state index is 0.499. The van der Waals surface area contributed by atoms with Gasteiger partial charge in [0, 0.05) is 31.9 Å². The Morgan fingerprint density at radius 2 is 1.74 bits per heavy atom. The number of nitrogens with one attached hydrogen (secondary N) is 1. The van der Waals surface area contributed by atoms with Gasteiger partial charge in [-0.05, 0) is 53.6 Å². The first kappa shape index (κ1) is 16.1. The van der Waals surface area contributed by atoms with Crippen molar-refractivity contribution in [1.82, 2.24) is 4.90 Å². The quantitative estimate of drug-likeness (QED) is 0.857. The summed E-state index contributed by atoms with van der Waals surface area (Å²) >= 11 is 0. The fourth-order valence-electron chi connectivity index (χ4n) is 3.43. The minimum absolute atomic E-state index is 0.499. The largest absolute Gasteiger partial charge is 0.381 e. The molecule has 1 aliphatic heterocycles. The highest BCUT2D eigenvalue weighted by atomic mass is 15.2. The summed E-state index contributed by atoms with van der Waals surface area (Å²) in [6, 6.07) is 15.5. The van der Waals surface area contributed by atoms with E-state index in [0.717, 1.165) is 13.1 Å². The Bertz CT molecular complexity index is 680. The van der Waals surface area contributed by atoms with Crippen LogP contribution in [0.4, 0.5) is 5.69 Å². The topological polar surface area (TPSA) is 15.3 Å². The van der Waals surface area contributed by atoms with E-state index in [1.807, 2.05) is 0 Å². The molecule has 0 unspecified atom stereocenters. The summed E-state index contributed by atoms with van der Waals surface area (Å²) in [6.45, 7) is 13.3. The number of aryl methyl sites for hydroxylation is 2. The Morgan fingerprint density at radius 1 is 0.957 bits per heavy atom. The van der Waals surface area contributed by atoms with Gasteiger partial charge in [-0.2, -0.15) is 0 Å². The Kier molecular flexibility index (Phi) is 4.45. The molecule has 1 fully saturated rings. The van der Waals surface area contributed by atoms with E-state index in [-0.39, 0.29) is 0 Å². The summed E-state index contributed by atoms with van der Waals surface area (Å²) in [5, 5.41) is 3.56. The predicted molar refractivity (Wildman–Crippen MR) is 98.7 cm³/mol. The van der Waals surface area contributed by atoms with Crippen LogP contribution >= 0.6 is 0 Å². The van der Waals surface area contributed by atoms with Gasteiger partial charge in [0.2, 0.25) is 0 Å². The van der Waals surface area contributed by atoms with Gasteiger partial charge in [0.1, 0.15) is 0 Å². The molecule has 2 heteroatoms. The summed E-state index contributed by atoms with van der Waals surface area (Å²) in [5.74, 6) is 0. The molecule has 2 nitrogen and oxygen atoms in total. The van der Waals surface area contributed by atoms with Gasteiger partial charge in [-0.3, -0.25) is 4.90 Å². The molecule has 0 saturated carbocycles. The van der Waals surface area contributed by atoms with E-state index in [1.54, 1.807) is 0 Å². The SMILES string of the molecule is Cc1ccc(CNc2cccc(CN3CC(C)(C)C3)c2)cc1C. The Hall–Kier alpha value is -1.80. The second-order valence-electron chi connectivity index (χ2n) is 7.78. The van der Waals surface area contributed by atoms with Crippen LogP contribution in [-0.4, -0.2) is 18.0 Å². The highest BCUT2D eigenvalue weighted by Crippen LogP contribution is 2.30. The molecule has 2 aromatic rings. The van der Waals surface area contributed by atoms with E-state index in [4.69, 9.17) is 0 Å². The van der Waals surface area contributed by atoms with Gasteiger partial charge in [-0.25, -0.2) is 0 Å². The van der Waals surface area contributed by atoms with Crippen LogP contribution in [0.2, 0.25) is 0 Å². The van der Waals surface area contributed by atoms with E-state index in [9.17, 15) is 0 Å². The van der Waals surface area contributed by atoms with Crippen molar-refractivity contribution >= 4 is 5.69 Å². The molecule has 1 heterocycles. The van der Waals surface area contributed by atoms with Gasteiger partial charge in [-0.1, -0.05) is 44.2 Å². The molecule has 0 amide bonds. The zero-order valence-electron chi connectivity index (χ0n) is 14.8. The van der Waals surface area contributed by atoms with Gasteiger partial charge in [0.05, 0.1) is 0 Å². The van der Waals surface area contributed by atoms with Crippen molar-refractivity contribution in [3.8, 4) is 0 Å². The number of anilines is 1. The van der Waals surface area contributed by atoms with Crippen molar-refractivity contribution in [2.75, 3.05) is 18.4 Å². The molecule has 0 radical (unpaired) electrons. The average Bonchev–Trinajstić information content (AvgIpc) is 2.47. The van der Waals surface area contributed by atoms with Gasteiger partial charge in [-0.15, -0.1) is 0 Å². The lowest BCUT2D eigenvalue weighted by Gasteiger charge is -2.46. The molecule has 1 saturated heterocycles. The molecule has 0 atom stereocenters. The minimum Gasteiger partial charge on any atom is -0.381 e. The van der Waals surface area contributed by atoms with Crippen molar-refractivity contribution < 1.29 is 0 Å². The van der Waals surface area contributed by atoms with Crippen LogP contribution in [0.15, 0.2) is 42.5 Å². The highest BCUT2D eigenvalue weighted by molar-refractivity contribution is 5.46. The second kappa shape index (κ2) is 6.37. The van der Waals surface area contributed by atoms with E-state index >= 15 is 0 Å². The first-order valence-electron chi connectivity index (χ1n) is 8.53. The molecular formula is C21H28N2. The zero-order chi connectivity index (χ0) is 16.4. The van der Waals surface area contributed by atoms with Crippen LogP contribution in [0.3, 0.4) is 0 Å². The maximum Gasteiger partial charge on any atom is 0.0400 e. The van der Waals surface area contributed by atoms with E-state index < -0.39 is 0 Å². The Morgan fingerprint density at radius 3 is 2.43 bits per heavy atom. The lowest BCUT2D eigenvalue weighted by molar-refractivity contribution is 0.0242. The highest BCUT2D eigenvalue weighted by Gasteiger charge is 2.33. The molecule has 122 valence electrons. The van der Waals surface area contributed by atoms with Gasteiger partial charge in [0.25, 0.3) is 0 Å². The third-order valence-corrected chi connectivity index (χ3v) is 4.70. The molecule has 2 aromatic carbocycles. The normalized spacial score (nSPS) is 16.9. The summed E-state index contributed by atoms with van der Waals surface area (Å²) < 4.78 is 0. The zero-order valence-corrected chi connectivity index (χ0v) is 14.8.